The molecule has 1 amide bonds. The molecule has 0 aromatic carbocycles. The highest BCUT2D eigenvalue weighted by molar-refractivity contribution is 5.92. The van der Waals surface area contributed by atoms with Crippen molar-refractivity contribution in [2.45, 2.75) is 13.3 Å². The zero-order valence-corrected chi connectivity index (χ0v) is 11.4. The van der Waals surface area contributed by atoms with E-state index in [1.54, 1.807) is 13.1 Å². The number of aromatic nitrogens is 2. The summed E-state index contributed by atoms with van der Waals surface area (Å²) in [7, 11) is 5.75. The van der Waals surface area contributed by atoms with Crippen LogP contribution in [0.5, 0.6) is 0 Å². The number of carbonyl (C=O) groups is 1. The van der Waals surface area contributed by atoms with Gasteiger partial charge in [0.05, 0.1) is 0 Å². The molecule has 0 unspecified atom stereocenters. The van der Waals surface area contributed by atoms with Crippen molar-refractivity contribution in [2.75, 3.05) is 39.5 Å². The van der Waals surface area contributed by atoms with Crippen LogP contribution in [0.4, 0.5) is 5.95 Å². The first-order valence-electron chi connectivity index (χ1n) is 5.99. The molecule has 0 saturated heterocycles. The molecular weight excluding hydrogens is 230 g/mol. The summed E-state index contributed by atoms with van der Waals surface area (Å²) in [5, 5.41) is 5.69. The van der Waals surface area contributed by atoms with Crippen LogP contribution in [0.1, 0.15) is 22.6 Å². The quantitative estimate of drug-likeness (QED) is 0.721. The van der Waals surface area contributed by atoms with Crippen LogP contribution >= 0.6 is 0 Å². The van der Waals surface area contributed by atoms with E-state index in [2.05, 4.69) is 25.5 Å². The van der Waals surface area contributed by atoms with Gasteiger partial charge in [0.15, 0.2) is 0 Å². The number of aryl methyl sites for hydroxylation is 1. The van der Waals surface area contributed by atoms with Crippen molar-refractivity contribution < 1.29 is 4.79 Å². The molecule has 1 aromatic heterocycles. The fourth-order valence-electron chi connectivity index (χ4n) is 1.48. The Labute approximate surface area is 108 Å². The molecule has 0 bridgehead atoms. The lowest BCUT2D eigenvalue weighted by Crippen LogP contribution is -2.28. The number of hydrogen-bond acceptors (Lipinski definition) is 5. The predicted molar refractivity (Wildman–Crippen MR) is 71.8 cm³/mol. The third-order valence-corrected chi connectivity index (χ3v) is 2.38. The first-order chi connectivity index (χ1) is 8.52. The summed E-state index contributed by atoms with van der Waals surface area (Å²) < 4.78 is 0. The standard InChI is InChI=1S/C12H21N5O/c1-9-8-10(16-12(13-2)15-9)11(18)14-6-5-7-17(3)4/h8H,5-7H2,1-4H3,(H,14,18)(H,13,15,16). The molecule has 6 heteroatoms. The molecule has 0 saturated carbocycles. The van der Waals surface area contributed by atoms with Gasteiger partial charge in [-0.3, -0.25) is 4.79 Å². The maximum Gasteiger partial charge on any atom is 0.270 e. The number of nitrogens with zero attached hydrogens (tertiary/aromatic N) is 3. The minimum absolute atomic E-state index is 0.157. The molecule has 1 aromatic rings. The molecule has 0 radical (unpaired) electrons. The Kier molecular flexibility index (Phi) is 5.51. The fourth-order valence-corrected chi connectivity index (χ4v) is 1.48. The molecule has 6 nitrogen and oxygen atoms in total. The van der Waals surface area contributed by atoms with Crippen LogP contribution in [0, 0.1) is 6.92 Å². The van der Waals surface area contributed by atoms with Gasteiger partial charge >= 0.3 is 0 Å². The molecule has 2 N–H and O–H groups in total. The summed E-state index contributed by atoms with van der Waals surface area (Å²) in [4.78, 5) is 22.2. The second-order valence-corrected chi connectivity index (χ2v) is 4.38. The highest BCUT2D eigenvalue weighted by Gasteiger charge is 2.09. The summed E-state index contributed by atoms with van der Waals surface area (Å²) in [6.45, 7) is 3.44. The topological polar surface area (TPSA) is 70.2 Å². The Hall–Kier alpha value is -1.69. The van der Waals surface area contributed by atoms with Gasteiger partial charge in [0.25, 0.3) is 5.91 Å². The third kappa shape index (κ3) is 4.67. The second kappa shape index (κ2) is 6.90. The van der Waals surface area contributed by atoms with Crippen molar-refractivity contribution in [2.24, 2.45) is 0 Å². The minimum Gasteiger partial charge on any atom is -0.357 e. The summed E-state index contributed by atoms with van der Waals surface area (Å²) in [5.74, 6) is 0.309. The first-order valence-corrected chi connectivity index (χ1v) is 5.99. The van der Waals surface area contributed by atoms with E-state index in [9.17, 15) is 4.79 Å². The van der Waals surface area contributed by atoms with Crippen molar-refractivity contribution in [1.82, 2.24) is 20.2 Å². The zero-order valence-electron chi connectivity index (χ0n) is 11.4. The van der Waals surface area contributed by atoms with E-state index in [1.165, 1.54) is 0 Å². The van der Waals surface area contributed by atoms with Crippen LogP contribution in [0.25, 0.3) is 0 Å². The van der Waals surface area contributed by atoms with Crippen molar-refractivity contribution in [3.63, 3.8) is 0 Å². The fraction of sp³-hybridized carbons (Fsp3) is 0.583. The lowest BCUT2D eigenvalue weighted by molar-refractivity contribution is 0.0947. The third-order valence-electron chi connectivity index (χ3n) is 2.38. The van der Waals surface area contributed by atoms with Gasteiger partial charge in [-0.1, -0.05) is 0 Å². The molecule has 0 fully saturated rings. The summed E-state index contributed by atoms with van der Waals surface area (Å²) >= 11 is 0. The van der Waals surface area contributed by atoms with Crippen LogP contribution < -0.4 is 10.6 Å². The van der Waals surface area contributed by atoms with Crippen LogP contribution in [-0.2, 0) is 0 Å². The molecule has 100 valence electrons. The molecule has 18 heavy (non-hydrogen) atoms. The molecular formula is C12H21N5O. The van der Waals surface area contributed by atoms with Crippen LogP contribution in [0.15, 0.2) is 6.07 Å². The van der Waals surface area contributed by atoms with Gasteiger partial charge in [-0.15, -0.1) is 0 Å². The van der Waals surface area contributed by atoms with E-state index < -0.39 is 0 Å². The largest absolute Gasteiger partial charge is 0.357 e. The first kappa shape index (κ1) is 14.4. The van der Waals surface area contributed by atoms with E-state index in [-0.39, 0.29) is 5.91 Å². The summed E-state index contributed by atoms with van der Waals surface area (Å²) in [6.07, 6.45) is 0.918. The van der Waals surface area contributed by atoms with Gasteiger partial charge in [-0.2, -0.15) is 0 Å². The van der Waals surface area contributed by atoms with E-state index in [1.807, 2.05) is 21.0 Å². The van der Waals surface area contributed by atoms with Crippen molar-refractivity contribution in [3.8, 4) is 0 Å². The number of amides is 1. The molecule has 0 spiro atoms. The number of rotatable bonds is 6. The number of hydrogen-bond donors (Lipinski definition) is 2. The second-order valence-electron chi connectivity index (χ2n) is 4.38. The Bertz CT molecular complexity index is 405. The normalized spacial score (nSPS) is 10.5. The maximum absolute atomic E-state index is 11.9. The van der Waals surface area contributed by atoms with E-state index in [4.69, 9.17) is 0 Å². The zero-order chi connectivity index (χ0) is 13.5. The molecule has 0 aliphatic rings. The van der Waals surface area contributed by atoms with Gasteiger partial charge in [0, 0.05) is 19.3 Å². The van der Waals surface area contributed by atoms with E-state index in [0.29, 0.717) is 18.2 Å². The van der Waals surface area contributed by atoms with Gasteiger partial charge in [-0.05, 0) is 40.1 Å². The highest BCUT2D eigenvalue weighted by atomic mass is 16.1. The lowest BCUT2D eigenvalue weighted by Gasteiger charge is -2.10. The van der Waals surface area contributed by atoms with Crippen molar-refractivity contribution in [1.29, 1.82) is 0 Å². The van der Waals surface area contributed by atoms with E-state index in [0.717, 1.165) is 18.7 Å². The minimum atomic E-state index is -0.157. The van der Waals surface area contributed by atoms with Crippen molar-refractivity contribution >= 4 is 11.9 Å². The Balaban J connectivity index is 2.53. The summed E-state index contributed by atoms with van der Waals surface area (Å²) in [6, 6.07) is 1.68. The van der Waals surface area contributed by atoms with Crippen LogP contribution in [0.2, 0.25) is 0 Å². The van der Waals surface area contributed by atoms with Crippen molar-refractivity contribution in [3.05, 3.63) is 17.5 Å². The van der Waals surface area contributed by atoms with Gasteiger partial charge in [-0.25, -0.2) is 9.97 Å². The Morgan fingerprint density at radius 2 is 2.11 bits per heavy atom. The average Bonchev–Trinajstić information content (AvgIpc) is 2.33. The smallest absolute Gasteiger partial charge is 0.270 e. The van der Waals surface area contributed by atoms with Gasteiger partial charge < -0.3 is 15.5 Å². The maximum atomic E-state index is 11.9. The monoisotopic (exact) mass is 251 g/mol. The lowest BCUT2D eigenvalue weighted by atomic mass is 10.3. The summed E-state index contributed by atoms with van der Waals surface area (Å²) in [5.41, 5.74) is 1.17. The Morgan fingerprint density at radius 3 is 2.72 bits per heavy atom. The molecule has 0 atom stereocenters. The molecule has 0 aliphatic carbocycles. The average molecular weight is 251 g/mol. The Morgan fingerprint density at radius 1 is 1.39 bits per heavy atom. The van der Waals surface area contributed by atoms with Crippen LogP contribution in [-0.4, -0.2) is 55.0 Å². The number of anilines is 1. The molecule has 1 heterocycles. The molecule has 1 rings (SSSR count). The predicted octanol–water partition coefficient (Wildman–Crippen LogP) is 0.508. The SMILES string of the molecule is CNc1nc(C)cc(C(=O)NCCCN(C)C)n1. The number of carbonyl (C=O) groups excluding carboxylic acids is 1. The molecule has 0 aliphatic heterocycles. The van der Waals surface area contributed by atoms with Crippen LogP contribution in [0.3, 0.4) is 0 Å². The van der Waals surface area contributed by atoms with E-state index >= 15 is 0 Å². The van der Waals surface area contributed by atoms with Gasteiger partial charge in [0.1, 0.15) is 5.69 Å². The number of nitrogens with one attached hydrogen (secondary N) is 2. The highest BCUT2D eigenvalue weighted by Crippen LogP contribution is 2.04. The van der Waals surface area contributed by atoms with Gasteiger partial charge in [0.2, 0.25) is 5.95 Å².